The van der Waals surface area contributed by atoms with Gasteiger partial charge in [0.25, 0.3) is 11.8 Å². The lowest BCUT2D eigenvalue weighted by Crippen LogP contribution is -2.34. The van der Waals surface area contributed by atoms with Crippen molar-refractivity contribution in [2.45, 2.75) is 19.8 Å². The quantitative estimate of drug-likeness (QED) is 0.347. The fourth-order valence-corrected chi connectivity index (χ4v) is 6.46. The molecule has 204 valence electrons. The maximum Gasteiger partial charge on any atom is 0.276 e. The van der Waals surface area contributed by atoms with Crippen molar-refractivity contribution in [3.63, 3.8) is 0 Å². The second-order valence-electron chi connectivity index (χ2n) is 10.0. The number of aryl methyl sites for hydroxylation is 1. The molecule has 2 aromatic heterocycles. The summed E-state index contributed by atoms with van der Waals surface area (Å²) in [5.41, 5.74) is 3.94. The number of nitrogens with zero attached hydrogens (tertiary/aromatic N) is 3. The van der Waals surface area contributed by atoms with E-state index >= 15 is 0 Å². The fraction of sp³-hybridized carbons (Fsp3) is 0.258. The molecule has 2 amide bonds. The smallest absolute Gasteiger partial charge is 0.276 e. The van der Waals surface area contributed by atoms with Gasteiger partial charge >= 0.3 is 0 Å². The summed E-state index contributed by atoms with van der Waals surface area (Å²) in [5, 5.41) is 6.15. The predicted molar refractivity (Wildman–Crippen MR) is 158 cm³/mol. The molecule has 40 heavy (non-hydrogen) atoms. The number of benzene rings is 2. The van der Waals surface area contributed by atoms with E-state index in [2.05, 4.69) is 15.5 Å². The Hall–Kier alpha value is -4.08. The number of hydrogen-bond acceptors (Lipinski definition) is 6. The molecule has 0 bridgehead atoms. The van der Waals surface area contributed by atoms with Gasteiger partial charge in [0.1, 0.15) is 17.3 Å². The van der Waals surface area contributed by atoms with E-state index in [1.165, 1.54) is 17.4 Å². The van der Waals surface area contributed by atoms with E-state index in [9.17, 15) is 14.0 Å². The number of anilines is 3. The highest BCUT2D eigenvalue weighted by molar-refractivity contribution is 7.17. The molecule has 0 spiro atoms. The minimum atomic E-state index is -0.462. The Morgan fingerprint density at radius 1 is 1.00 bits per heavy atom. The normalized spacial score (nSPS) is 15.1. The van der Waals surface area contributed by atoms with E-state index in [0.29, 0.717) is 29.1 Å². The molecule has 9 heteroatoms. The highest BCUT2D eigenvalue weighted by Gasteiger charge is 2.28. The molecule has 2 aromatic carbocycles. The summed E-state index contributed by atoms with van der Waals surface area (Å²) in [6.45, 7) is 5.84. The molecule has 0 saturated carbocycles. The van der Waals surface area contributed by atoms with Gasteiger partial charge in [-0.1, -0.05) is 36.4 Å². The first-order valence-electron chi connectivity index (χ1n) is 13.5. The van der Waals surface area contributed by atoms with Gasteiger partial charge in [-0.2, -0.15) is 0 Å². The van der Waals surface area contributed by atoms with Gasteiger partial charge in [-0.05, 0) is 67.8 Å². The summed E-state index contributed by atoms with van der Waals surface area (Å²) < 4.78 is 14.4. The third-order valence-electron chi connectivity index (χ3n) is 7.40. The highest BCUT2D eigenvalue weighted by Crippen LogP contribution is 2.42. The Bertz CT molecular complexity index is 1560. The molecular weight excluding hydrogens is 525 g/mol. The van der Waals surface area contributed by atoms with Crippen LogP contribution in [0.5, 0.6) is 0 Å². The molecule has 0 atom stereocenters. The summed E-state index contributed by atoms with van der Waals surface area (Å²) in [7, 11) is 0. The van der Waals surface area contributed by atoms with E-state index in [1.54, 1.807) is 30.0 Å². The molecule has 0 radical (unpaired) electrons. The molecule has 6 rings (SSSR count). The first-order chi connectivity index (χ1) is 19.5. The SMILES string of the molecule is Cc1cccc(F)c1NC(=O)c1cc2c(s1)-c1ccccc1N(C(=O)c1cccc(N3CCCNCC3)n1)CC2. The standard InChI is InChI=1S/C31H30FN5O2S/c1-20-7-4-9-23(32)28(20)35-30(38)26-19-21-13-17-37(25-11-3-2-8-22(25)29(21)40-26)31(39)24-10-5-12-27(34-24)36-16-6-14-33-15-18-36/h2-5,7-12,19,33H,6,13-18H2,1H3,(H,35,38). The zero-order chi connectivity index (χ0) is 27.6. The topological polar surface area (TPSA) is 77.6 Å². The van der Waals surface area contributed by atoms with Crippen LogP contribution in [0, 0.1) is 12.7 Å². The summed E-state index contributed by atoms with van der Waals surface area (Å²) in [4.78, 5) is 37.2. The third-order valence-corrected chi connectivity index (χ3v) is 8.61. The van der Waals surface area contributed by atoms with Gasteiger partial charge in [0.15, 0.2) is 0 Å². The maximum atomic E-state index is 14.4. The first kappa shape index (κ1) is 26.2. The zero-order valence-corrected chi connectivity index (χ0v) is 23.1. The van der Waals surface area contributed by atoms with Gasteiger partial charge in [-0.15, -0.1) is 11.3 Å². The van der Waals surface area contributed by atoms with Crippen LogP contribution in [0.3, 0.4) is 0 Å². The minimum absolute atomic E-state index is 0.148. The lowest BCUT2D eigenvalue weighted by molar-refractivity contribution is 0.0981. The number of thiophene rings is 1. The van der Waals surface area contributed by atoms with Crippen molar-refractivity contribution in [3.8, 4) is 10.4 Å². The maximum absolute atomic E-state index is 14.4. The summed E-state index contributed by atoms with van der Waals surface area (Å²) in [5.74, 6) is -0.138. The number of para-hydroxylation sites is 2. The Balaban J connectivity index is 1.29. The molecule has 4 aromatic rings. The molecule has 2 aliphatic heterocycles. The summed E-state index contributed by atoms with van der Waals surface area (Å²) >= 11 is 1.36. The lowest BCUT2D eigenvalue weighted by atomic mass is 10.1. The van der Waals surface area contributed by atoms with Crippen molar-refractivity contribution < 1.29 is 14.0 Å². The molecular formula is C31H30FN5O2S. The number of nitrogens with one attached hydrogen (secondary N) is 2. The molecule has 2 N–H and O–H groups in total. The van der Waals surface area contributed by atoms with Gasteiger partial charge in [-0.25, -0.2) is 9.37 Å². The average Bonchev–Trinajstić information content (AvgIpc) is 3.12. The zero-order valence-electron chi connectivity index (χ0n) is 22.2. The molecule has 2 aliphatic rings. The molecule has 1 fully saturated rings. The van der Waals surface area contributed by atoms with Crippen molar-refractivity contribution in [1.82, 2.24) is 10.3 Å². The predicted octanol–water partition coefficient (Wildman–Crippen LogP) is 5.51. The third kappa shape index (κ3) is 5.10. The number of pyridine rings is 1. The molecule has 0 aliphatic carbocycles. The van der Waals surface area contributed by atoms with Gasteiger partial charge in [0.05, 0.1) is 16.3 Å². The number of fused-ring (bicyclic) bond motifs is 3. The lowest BCUT2D eigenvalue weighted by Gasteiger charge is -2.24. The van der Waals surface area contributed by atoms with E-state index in [-0.39, 0.29) is 17.5 Å². The molecule has 4 heterocycles. The van der Waals surface area contributed by atoms with E-state index in [4.69, 9.17) is 4.98 Å². The van der Waals surface area contributed by atoms with Gasteiger partial charge < -0.3 is 20.4 Å². The van der Waals surface area contributed by atoms with Crippen LogP contribution in [-0.4, -0.2) is 49.5 Å². The van der Waals surface area contributed by atoms with E-state index in [1.807, 2.05) is 42.5 Å². The van der Waals surface area contributed by atoms with Crippen LogP contribution in [0.15, 0.2) is 66.7 Å². The van der Waals surface area contributed by atoms with Crippen molar-refractivity contribution >= 4 is 40.3 Å². The van der Waals surface area contributed by atoms with E-state index in [0.717, 1.165) is 60.1 Å². The average molecular weight is 556 g/mol. The Morgan fingerprint density at radius 3 is 2.73 bits per heavy atom. The van der Waals surface area contributed by atoms with Crippen LogP contribution in [-0.2, 0) is 6.42 Å². The number of carbonyl (C=O) groups excluding carboxylic acids is 2. The summed E-state index contributed by atoms with van der Waals surface area (Å²) in [6, 6.07) is 20.0. The Labute approximate surface area is 236 Å². The van der Waals surface area contributed by atoms with Gasteiger partial charge in [0, 0.05) is 36.6 Å². The molecule has 7 nitrogen and oxygen atoms in total. The fourth-order valence-electron chi connectivity index (χ4n) is 5.32. The van der Waals surface area contributed by atoms with Crippen molar-refractivity contribution in [3.05, 3.63) is 94.2 Å². The Morgan fingerprint density at radius 2 is 1.85 bits per heavy atom. The van der Waals surface area contributed by atoms with Crippen LogP contribution in [0.4, 0.5) is 21.6 Å². The second kappa shape index (κ2) is 11.2. The summed E-state index contributed by atoms with van der Waals surface area (Å²) in [6.07, 6.45) is 1.61. The van der Waals surface area contributed by atoms with Gasteiger partial charge in [0.2, 0.25) is 0 Å². The van der Waals surface area contributed by atoms with Crippen LogP contribution >= 0.6 is 11.3 Å². The van der Waals surface area contributed by atoms with Crippen molar-refractivity contribution in [1.29, 1.82) is 0 Å². The molecule has 1 saturated heterocycles. The van der Waals surface area contributed by atoms with Crippen LogP contribution < -0.4 is 20.4 Å². The largest absolute Gasteiger partial charge is 0.355 e. The number of aromatic nitrogens is 1. The Kier molecular flexibility index (Phi) is 7.32. The second-order valence-corrected chi connectivity index (χ2v) is 11.1. The number of rotatable bonds is 4. The first-order valence-corrected chi connectivity index (χ1v) is 14.3. The van der Waals surface area contributed by atoms with E-state index < -0.39 is 5.82 Å². The van der Waals surface area contributed by atoms with Crippen molar-refractivity contribution in [2.24, 2.45) is 0 Å². The number of carbonyl (C=O) groups is 2. The highest BCUT2D eigenvalue weighted by atomic mass is 32.1. The number of halogens is 1. The number of hydrogen-bond donors (Lipinski definition) is 2. The van der Waals surface area contributed by atoms with Crippen LogP contribution in [0.2, 0.25) is 0 Å². The minimum Gasteiger partial charge on any atom is -0.355 e. The van der Waals surface area contributed by atoms with Gasteiger partial charge in [-0.3, -0.25) is 9.59 Å². The molecule has 0 unspecified atom stereocenters. The van der Waals surface area contributed by atoms with Crippen molar-refractivity contribution in [2.75, 3.05) is 47.8 Å². The monoisotopic (exact) mass is 555 g/mol. The number of amides is 2. The van der Waals surface area contributed by atoms with Crippen LogP contribution in [0.25, 0.3) is 10.4 Å². The van der Waals surface area contributed by atoms with Crippen LogP contribution in [0.1, 0.15) is 37.7 Å².